The zero-order chi connectivity index (χ0) is 10.6. The van der Waals surface area contributed by atoms with Crippen LogP contribution >= 0.6 is 0 Å². The Bertz CT molecular complexity index is 178. The number of aliphatic carboxylic acids is 1. The standard InChI is InChI=1S/C10H21NO2/c1-6-10(3,4)11(5)7-8(2)9(12)13/h8H,6-7H2,1-5H3,(H,12,13). The maximum atomic E-state index is 10.6. The molecule has 0 saturated carbocycles. The van der Waals surface area contributed by atoms with Crippen molar-refractivity contribution in [3.63, 3.8) is 0 Å². The summed E-state index contributed by atoms with van der Waals surface area (Å²) in [4.78, 5) is 12.7. The summed E-state index contributed by atoms with van der Waals surface area (Å²) >= 11 is 0. The van der Waals surface area contributed by atoms with Crippen molar-refractivity contribution < 1.29 is 9.90 Å². The summed E-state index contributed by atoms with van der Waals surface area (Å²) in [5.74, 6) is -1.02. The number of nitrogens with zero attached hydrogens (tertiary/aromatic N) is 1. The topological polar surface area (TPSA) is 40.5 Å². The largest absolute Gasteiger partial charge is 0.481 e. The Morgan fingerprint density at radius 1 is 1.54 bits per heavy atom. The fourth-order valence-corrected chi connectivity index (χ4v) is 1.01. The van der Waals surface area contributed by atoms with Gasteiger partial charge in [-0.1, -0.05) is 13.8 Å². The van der Waals surface area contributed by atoms with E-state index in [-0.39, 0.29) is 11.5 Å². The first-order valence-corrected chi connectivity index (χ1v) is 4.75. The van der Waals surface area contributed by atoms with Gasteiger partial charge in [-0.05, 0) is 27.3 Å². The molecular formula is C10H21NO2. The lowest BCUT2D eigenvalue weighted by Crippen LogP contribution is -2.43. The van der Waals surface area contributed by atoms with Crippen LogP contribution in [0.3, 0.4) is 0 Å². The minimum Gasteiger partial charge on any atom is -0.481 e. The molecule has 0 aromatic heterocycles. The van der Waals surface area contributed by atoms with Crippen LogP contribution in [0.25, 0.3) is 0 Å². The van der Waals surface area contributed by atoms with Gasteiger partial charge in [-0.15, -0.1) is 0 Å². The smallest absolute Gasteiger partial charge is 0.307 e. The summed E-state index contributed by atoms with van der Waals surface area (Å²) in [5.41, 5.74) is 0.0870. The minimum atomic E-state index is -0.723. The molecule has 1 N–H and O–H groups in total. The van der Waals surface area contributed by atoms with E-state index < -0.39 is 5.97 Å². The van der Waals surface area contributed by atoms with E-state index in [1.165, 1.54) is 0 Å². The van der Waals surface area contributed by atoms with Gasteiger partial charge in [0, 0.05) is 12.1 Å². The summed E-state index contributed by atoms with van der Waals surface area (Å²) < 4.78 is 0. The molecule has 0 aromatic rings. The molecule has 3 nitrogen and oxygen atoms in total. The number of rotatable bonds is 5. The van der Waals surface area contributed by atoms with Gasteiger partial charge in [-0.25, -0.2) is 0 Å². The lowest BCUT2D eigenvalue weighted by atomic mass is 9.98. The van der Waals surface area contributed by atoms with E-state index in [1.807, 2.05) is 7.05 Å². The van der Waals surface area contributed by atoms with E-state index in [2.05, 4.69) is 25.7 Å². The second-order valence-electron chi connectivity index (χ2n) is 4.29. The van der Waals surface area contributed by atoms with Crippen LogP contribution in [0, 0.1) is 5.92 Å². The molecule has 0 amide bonds. The Kier molecular flexibility index (Phi) is 4.40. The fraction of sp³-hybridized carbons (Fsp3) is 0.900. The highest BCUT2D eigenvalue weighted by Crippen LogP contribution is 2.17. The Morgan fingerprint density at radius 3 is 2.31 bits per heavy atom. The second-order valence-corrected chi connectivity index (χ2v) is 4.29. The first-order chi connectivity index (χ1) is 5.81. The molecule has 0 aliphatic heterocycles. The Labute approximate surface area is 80.7 Å². The lowest BCUT2D eigenvalue weighted by molar-refractivity contribution is -0.142. The first-order valence-electron chi connectivity index (χ1n) is 4.75. The summed E-state index contributed by atoms with van der Waals surface area (Å²) in [6, 6.07) is 0. The normalized spacial score (nSPS) is 14.6. The molecule has 0 saturated heterocycles. The van der Waals surface area contributed by atoms with Crippen LogP contribution in [0.1, 0.15) is 34.1 Å². The minimum absolute atomic E-state index is 0.0870. The van der Waals surface area contributed by atoms with Gasteiger partial charge < -0.3 is 10.0 Å². The first kappa shape index (κ1) is 12.4. The van der Waals surface area contributed by atoms with Gasteiger partial charge in [-0.2, -0.15) is 0 Å². The molecule has 0 rings (SSSR count). The highest BCUT2D eigenvalue weighted by Gasteiger charge is 2.24. The van der Waals surface area contributed by atoms with Crippen molar-refractivity contribution in [2.45, 2.75) is 39.7 Å². The number of hydrogen-bond acceptors (Lipinski definition) is 2. The summed E-state index contributed by atoms with van der Waals surface area (Å²) in [7, 11) is 1.98. The summed E-state index contributed by atoms with van der Waals surface area (Å²) in [5, 5.41) is 8.74. The molecule has 78 valence electrons. The SMILES string of the molecule is CCC(C)(C)N(C)CC(C)C(=O)O. The van der Waals surface area contributed by atoms with Crippen molar-refractivity contribution in [1.82, 2.24) is 4.90 Å². The monoisotopic (exact) mass is 187 g/mol. The number of carbonyl (C=O) groups is 1. The second kappa shape index (κ2) is 4.61. The van der Waals surface area contributed by atoms with Gasteiger partial charge in [-0.3, -0.25) is 4.79 Å². The number of carboxylic acids is 1. The van der Waals surface area contributed by atoms with E-state index in [0.717, 1.165) is 6.42 Å². The number of hydrogen-bond donors (Lipinski definition) is 1. The van der Waals surface area contributed by atoms with Crippen LogP contribution in [0.2, 0.25) is 0 Å². The molecule has 0 fully saturated rings. The molecule has 0 radical (unpaired) electrons. The van der Waals surface area contributed by atoms with Gasteiger partial charge >= 0.3 is 5.97 Å². The summed E-state index contributed by atoms with van der Waals surface area (Å²) in [6.07, 6.45) is 1.02. The van der Waals surface area contributed by atoms with Crippen LogP contribution in [-0.4, -0.2) is 35.1 Å². The maximum Gasteiger partial charge on any atom is 0.307 e. The van der Waals surface area contributed by atoms with E-state index in [0.29, 0.717) is 6.54 Å². The Morgan fingerprint density at radius 2 is 2.00 bits per heavy atom. The maximum absolute atomic E-state index is 10.6. The van der Waals surface area contributed by atoms with Crippen molar-refractivity contribution >= 4 is 5.97 Å². The molecule has 0 spiro atoms. The van der Waals surface area contributed by atoms with E-state index in [4.69, 9.17) is 5.11 Å². The van der Waals surface area contributed by atoms with Crippen LogP contribution in [-0.2, 0) is 4.79 Å². The molecule has 1 atom stereocenters. The van der Waals surface area contributed by atoms with Crippen molar-refractivity contribution in [2.75, 3.05) is 13.6 Å². The van der Waals surface area contributed by atoms with Gasteiger partial charge in [0.25, 0.3) is 0 Å². The Hall–Kier alpha value is -0.570. The molecule has 0 aromatic carbocycles. The third kappa shape index (κ3) is 3.77. The molecule has 0 aliphatic rings. The molecular weight excluding hydrogens is 166 g/mol. The predicted molar refractivity (Wildman–Crippen MR) is 53.8 cm³/mol. The highest BCUT2D eigenvalue weighted by atomic mass is 16.4. The van der Waals surface area contributed by atoms with Crippen molar-refractivity contribution in [3.05, 3.63) is 0 Å². The molecule has 0 bridgehead atoms. The van der Waals surface area contributed by atoms with Gasteiger partial charge in [0.2, 0.25) is 0 Å². The molecule has 1 unspecified atom stereocenters. The van der Waals surface area contributed by atoms with Crippen LogP contribution < -0.4 is 0 Å². The summed E-state index contributed by atoms with van der Waals surface area (Å²) in [6.45, 7) is 8.71. The van der Waals surface area contributed by atoms with Gasteiger partial charge in [0.05, 0.1) is 5.92 Å². The third-order valence-corrected chi connectivity index (χ3v) is 2.87. The molecule has 0 aliphatic carbocycles. The quantitative estimate of drug-likeness (QED) is 0.713. The predicted octanol–water partition coefficient (Wildman–Crippen LogP) is 1.83. The molecule has 0 heterocycles. The van der Waals surface area contributed by atoms with Crippen LogP contribution in [0.5, 0.6) is 0 Å². The average Bonchev–Trinajstić information content (AvgIpc) is 2.04. The van der Waals surface area contributed by atoms with Gasteiger partial charge in [0.1, 0.15) is 0 Å². The van der Waals surface area contributed by atoms with Crippen molar-refractivity contribution in [2.24, 2.45) is 5.92 Å². The van der Waals surface area contributed by atoms with Crippen molar-refractivity contribution in [3.8, 4) is 0 Å². The van der Waals surface area contributed by atoms with E-state index >= 15 is 0 Å². The average molecular weight is 187 g/mol. The zero-order valence-corrected chi connectivity index (χ0v) is 9.29. The highest BCUT2D eigenvalue weighted by molar-refractivity contribution is 5.69. The van der Waals surface area contributed by atoms with Crippen LogP contribution in [0.15, 0.2) is 0 Å². The Balaban J connectivity index is 4.14. The third-order valence-electron chi connectivity index (χ3n) is 2.87. The number of carboxylic acid groups (broad SMARTS) is 1. The van der Waals surface area contributed by atoms with Gasteiger partial charge in [0.15, 0.2) is 0 Å². The van der Waals surface area contributed by atoms with Crippen LogP contribution in [0.4, 0.5) is 0 Å². The van der Waals surface area contributed by atoms with E-state index in [9.17, 15) is 4.79 Å². The molecule has 13 heavy (non-hydrogen) atoms. The zero-order valence-electron chi connectivity index (χ0n) is 9.29. The van der Waals surface area contributed by atoms with Crippen molar-refractivity contribution in [1.29, 1.82) is 0 Å². The van der Waals surface area contributed by atoms with E-state index in [1.54, 1.807) is 6.92 Å². The fourth-order valence-electron chi connectivity index (χ4n) is 1.01. The molecule has 3 heteroatoms. The lowest BCUT2D eigenvalue weighted by Gasteiger charge is -2.35.